The predicted octanol–water partition coefficient (Wildman–Crippen LogP) is 9.79. The van der Waals surface area contributed by atoms with Crippen LogP contribution in [0.15, 0.2) is 107 Å². The summed E-state index contributed by atoms with van der Waals surface area (Å²) in [6.45, 7) is 4.12. The lowest BCUT2D eigenvalue weighted by atomic mass is 10.1. The number of aromatic nitrogens is 6. The quantitative estimate of drug-likeness (QED) is 0.124. The van der Waals surface area contributed by atoms with E-state index in [1.807, 2.05) is 24.3 Å². The summed E-state index contributed by atoms with van der Waals surface area (Å²) in [7, 11) is 0. The number of thioether (sulfide) groups is 2. The summed E-state index contributed by atoms with van der Waals surface area (Å²) in [5.41, 5.74) is 12.3. The number of H-pyrrole nitrogens is 2. The van der Waals surface area contributed by atoms with Crippen LogP contribution in [0, 0.1) is 13.8 Å². The molecule has 0 saturated carbocycles. The molecule has 252 valence electrons. The van der Waals surface area contributed by atoms with Crippen LogP contribution < -0.4 is 10.6 Å². The van der Waals surface area contributed by atoms with Gasteiger partial charge in [-0.2, -0.15) is 0 Å². The number of hydrogen-bond acceptors (Lipinski definition) is 8. The topological polar surface area (TPSA) is 139 Å². The monoisotopic (exact) mass is 730 g/mol. The van der Waals surface area contributed by atoms with Crippen LogP contribution in [0.3, 0.4) is 0 Å². The number of para-hydroxylation sites is 2. The maximum atomic E-state index is 4.45. The molecule has 0 radical (unpaired) electrons. The smallest absolute Gasteiger partial charge is 0.116 e. The van der Waals surface area contributed by atoms with Gasteiger partial charge in [0.15, 0.2) is 0 Å². The van der Waals surface area contributed by atoms with E-state index >= 15 is 0 Å². The highest BCUT2D eigenvalue weighted by molar-refractivity contribution is 7.99. The van der Waals surface area contributed by atoms with Crippen LogP contribution in [0.2, 0.25) is 0 Å². The van der Waals surface area contributed by atoms with Crippen molar-refractivity contribution < 1.29 is 5.48 Å². The van der Waals surface area contributed by atoms with E-state index in [0.29, 0.717) is 0 Å². The molecule has 0 amide bonds. The average Bonchev–Trinajstić information content (AvgIpc) is 3.75. The third kappa shape index (κ3) is 7.56. The summed E-state index contributed by atoms with van der Waals surface area (Å²) < 4.78 is 0. The first-order valence-corrected chi connectivity index (χ1v) is 17.2. The Kier molecular flexibility index (Phi) is 12.4. The van der Waals surface area contributed by atoms with E-state index in [0.717, 1.165) is 78.0 Å². The highest BCUT2D eigenvalue weighted by Crippen LogP contribution is 2.36. The summed E-state index contributed by atoms with van der Waals surface area (Å²) in [6.07, 6.45) is 7.40. The SMILES string of the molecule is CSc1ccccc1Nc1cc(C)[nH]c2ccc3ncnc3c12.CSc1ccccc1Nc1cc(C)[nH]c2ccc3ncnc3c12.Cl.Cl.O. The van der Waals surface area contributed by atoms with Crippen LogP contribution in [0.5, 0.6) is 0 Å². The van der Waals surface area contributed by atoms with Gasteiger partial charge < -0.3 is 26.1 Å². The highest BCUT2D eigenvalue weighted by atomic mass is 35.5. The van der Waals surface area contributed by atoms with Crippen LogP contribution in [-0.2, 0) is 0 Å². The van der Waals surface area contributed by atoms with Gasteiger partial charge in [-0.05, 0) is 87.0 Å². The molecule has 8 aromatic rings. The Morgan fingerprint density at radius 1 is 0.531 bits per heavy atom. The second kappa shape index (κ2) is 16.3. The summed E-state index contributed by atoms with van der Waals surface area (Å²) in [6, 6.07) is 29.0. The Balaban J connectivity index is 0.000000208. The first kappa shape index (κ1) is 37.3. The number of rotatable bonds is 6. The van der Waals surface area contributed by atoms with Crippen molar-refractivity contribution in [2.45, 2.75) is 23.6 Å². The lowest BCUT2D eigenvalue weighted by molar-refractivity contribution is 0.824. The molecule has 0 atom stereocenters. The summed E-state index contributed by atoms with van der Waals surface area (Å²) >= 11 is 3.46. The fraction of sp³-hybridized carbons (Fsp3) is 0.111. The van der Waals surface area contributed by atoms with Gasteiger partial charge in [-0.1, -0.05) is 24.3 Å². The second-order valence-corrected chi connectivity index (χ2v) is 12.5. The van der Waals surface area contributed by atoms with E-state index in [9.17, 15) is 0 Å². The molecule has 0 bridgehead atoms. The molecule has 49 heavy (non-hydrogen) atoms. The highest BCUT2D eigenvalue weighted by Gasteiger charge is 2.13. The minimum atomic E-state index is 0. The zero-order chi connectivity index (χ0) is 31.6. The average molecular weight is 732 g/mol. The molecule has 0 fully saturated rings. The second-order valence-electron chi connectivity index (χ2n) is 10.8. The van der Waals surface area contributed by atoms with Gasteiger partial charge in [0.2, 0.25) is 0 Å². The number of aromatic amines is 2. The number of aryl methyl sites for hydroxylation is 2. The third-order valence-corrected chi connectivity index (χ3v) is 9.35. The Labute approximate surface area is 304 Å². The lowest BCUT2D eigenvalue weighted by Gasteiger charge is -2.14. The van der Waals surface area contributed by atoms with Crippen molar-refractivity contribution in [3.63, 3.8) is 0 Å². The van der Waals surface area contributed by atoms with Gasteiger partial charge in [0, 0.05) is 43.0 Å². The van der Waals surface area contributed by atoms with Crippen molar-refractivity contribution in [2.75, 3.05) is 23.1 Å². The van der Waals surface area contributed by atoms with Crippen molar-refractivity contribution in [1.29, 1.82) is 0 Å². The normalized spacial score (nSPS) is 10.5. The standard InChI is InChI=1S/2C18H16N4S.2ClH.H2O/c2*1-11-9-15(22-12-5-3-4-6-16(12)23-2)17-13(21-11)7-8-14-18(17)20-10-19-14;;;/h2*3-10,21-22H,1-2H3;2*1H;1H2. The molecular weight excluding hydrogens is 695 g/mol. The molecule has 0 aliphatic carbocycles. The summed E-state index contributed by atoms with van der Waals surface area (Å²) in [5, 5.41) is 9.30. The maximum absolute atomic E-state index is 4.45. The van der Waals surface area contributed by atoms with Gasteiger partial charge in [-0.25, -0.2) is 19.9 Å². The molecule has 9 nitrogen and oxygen atoms in total. The number of halogens is 2. The summed E-state index contributed by atoms with van der Waals surface area (Å²) in [4.78, 5) is 26.8. The molecule has 0 aliphatic rings. The van der Waals surface area contributed by atoms with Crippen molar-refractivity contribution in [3.8, 4) is 0 Å². The molecule has 4 aromatic heterocycles. The number of benzene rings is 4. The molecule has 8 rings (SSSR count). The van der Waals surface area contributed by atoms with Gasteiger partial charge in [0.1, 0.15) is 23.7 Å². The fourth-order valence-corrected chi connectivity index (χ4v) is 6.85. The summed E-state index contributed by atoms with van der Waals surface area (Å²) in [5.74, 6) is 0. The Bertz CT molecular complexity index is 2200. The van der Waals surface area contributed by atoms with Gasteiger partial charge in [-0.3, -0.25) is 0 Å². The van der Waals surface area contributed by atoms with Crippen molar-refractivity contribution >= 4 is 115 Å². The first-order chi connectivity index (χ1) is 22.5. The van der Waals surface area contributed by atoms with E-state index in [2.05, 4.69) is 128 Å². The molecule has 0 spiro atoms. The molecular formula is C36H36Cl2N8OS2. The van der Waals surface area contributed by atoms with Crippen molar-refractivity contribution in [2.24, 2.45) is 0 Å². The van der Waals surface area contributed by atoms with Crippen LogP contribution >= 0.6 is 48.3 Å². The third-order valence-electron chi connectivity index (χ3n) is 7.76. The van der Waals surface area contributed by atoms with Gasteiger partial charge >= 0.3 is 0 Å². The molecule has 0 aliphatic heterocycles. The van der Waals surface area contributed by atoms with Gasteiger partial charge in [-0.15, -0.1) is 48.3 Å². The Morgan fingerprint density at radius 2 is 0.939 bits per heavy atom. The minimum Gasteiger partial charge on any atom is -0.412 e. The molecule has 6 N–H and O–H groups in total. The van der Waals surface area contributed by atoms with Crippen LogP contribution in [0.25, 0.3) is 43.9 Å². The largest absolute Gasteiger partial charge is 0.412 e. The Morgan fingerprint density at radius 3 is 1.35 bits per heavy atom. The maximum Gasteiger partial charge on any atom is 0.116 e. The van der Waals surface area contributed by atoms with Crippen molar-refractivity contribution in [3.05, 3.63) is 109 Å². The van der Waals surface area contributed by atoms with E-state index in [1.165, 1.54) is 9.79 Å². The molecule has 0 unspecified atom stereocenters. The van der Waals surface area contributed by atoms with E-state index in [1.54, 1.807) is 36.2 Å². The molecule has 4 heterocycles. The number of imidazole rings is 2. The van der Waals surface area contributed by atoms with Crippen LogP contribution in [0.1, 0.15) is 11.4 Å². The number of anilines is 4. The number of nitrogens with one attached hydrogen (secondary N) is 4. The van der Waals surface area contributed by atoms with E-state index in [-0.39, 0.29) is 30.3 Å². The predicted molar refractivity (Wildman–Crippen MR) is 213 cm³/mol. The van der Waals surface area contributed by atoms with Crippen molar-refractivity contribution in [1.82, 2.24) is 29.9 Å². The number of hydrogen-bond donors (Lipinski definition) is 4. The van der Waals surface area contributed by atoms with E-state index in [4.69, 9.17) is 0 Å². The fourth-order valence-electron chi connectivity index (χ4n) is 5.74. The lowest BCUT2D eigenvalue weighted by Crippen LogP contribution is -1.96. The zero-order valence-corrected chi connectivity index (χ0v) is 30.4. The first-order valence-electron chi connectivity index (χ1n) is 14.8. The zero-order valence-electron chi connectivity index (χ0n) is 27.2. The number of fused-ring (bicyclic) bond motifs is 6. The molecule has 4 aromatic carbocycles. The number of nitrogens with zero attached hydrogens (tertiary/aromatic N) is 4. The minimum absolute atomic E-state index is 0. The number of pyridine rings is 2. The molecule has 0 saturated heterocycles. The van der Waals surface area contributed by atoms with Crippen LogP contribution in [0.4, 0.5) is 22.7 Å². The van der Waals surface area contributed by atoms with Crippen LogP contribution in [-0.4, -0.2) is 47.9 Å². The van der Waals surface area contributed by atoms with Gasteiger partial charge in [0.05, 0.1) is 33.8 Å². The van der Waals surface area contributed by atoms with Gasteiger partial charge in [0.25, 0.3) is 0 Å². The van der Waals surface area contributed by atoms with E-state index < -0.39 is 0 Å². The molecule has 13 heteroatoms. The Hall–Kier alpha value is -4.52.